The number of carbonyl (C=O) groups is 3. The molecule has 2 aromatic rings. The van der Waals surface area contributed by atoms with E-state index in [1.54, 1.807) is 66.3 Å². The Morgan fingerprint density at radius 3 is 1.34 bits per heavy atom. The topological polar surface area (TPSA) is 130 Å². The average molecular weight is 645 g/mol. The van der Waals surface area contributed by atoms with Gasteiger partial charge in [-0.2, -0.15) is 0 Å². The number of carboxylic acid groups (broad SMARTS) is 3. The first-order valence-electron chi connectivity index (χ1n) is 13.9. The number of benzene rings is 2. The number of amides is 3. The van der Waals surface area contributed by atoms with Crippen LogP contribution in [0.2, 0.25) is 0 Å². The summed E-state index contributed by atoms with van der Waals surface area (Å²) in [5.41, 5.74) is 4.30. The molecule has 9 nitrogen and oxygen atoms in total. The zero-order chi connectivity index (χ0) is 31.4. The molecule has 3 rings (SSSR count). The van der Waals surface area contributed by atoms with Gasteiger partial charge in [0.25, 0.3) is 0 Å². The van der Waals surface area contributed by atoms with E-state index in [0.29, 0.717) is 39.3 Å². The molecule has 222 valence electrons. The summed E-state index contributed by atoms with van der Waals surface area (Å²) in [7, 11) is 0. The van der Waals surface area contributed by atoms with Crippen LogP contribution in [0.15, 0.2) is 60.7 Å². The monoisotopic (exact) mass is 643 g/mol. The summed E-state index contributed by atoms with van der Waals surface area (Å²) in [6, 6.07) is 19.5. The Morgan fingerprint density at radius 1 is 0.634 bits per heavy atom. The Balaban J connectivity index is 0.000000571. The third-order valence-electron chi connectivity index (χ3n) is 6.38. The number of hydrogen-bond donors (Lipinski definition) is 0. The molecule has 1 aliphatic carbocycles. The molecule has 41 heavy (non-hydrogen) atoms. The van der Waals surface area contributed by atoms with Crippen molar-refractivity contribution >= 4 is 24.4 Å². The Kier molecular flexibility index (Phi) is 19.1. The van der Waals surface area contributed by atoms with Gasteiger partial charge in [-0.1, -0.05) is 0 Å². The standard InChI is InChI=1S/C16H13.3C5H11NO2.Zr/c1-2-6-13(7-3-1)12-15-11-10-14-8-4-5-9-16(14)15;3*1-3-6(4-2)5(7)8;/h1-11H,12H2;3*3-4H2,1-2H3,(H,7,8);/q;;;;+3/p-3. The van der Waals surface area contributed by atoms with Crippen molar-refractivity contribution in [3.05, 3.63) is 77.4 Å². The van der Waals surface area contributed by atoms with Gasteiger partial charge in [-0.3, -0.25) is 0 Å². The summed E-state index contributed by atoms with van der Waals surface area (Å²) < 4.78 is 0.241. The molecule has 0 saturated carbocycles. The Hall–Kier alpha value is -3.13. The minimum atomic E-state index is -1.09. The fraction of sp³-hybridized carbons (Fsp3) is 0.452. The second-order valence-electron chi connectivity index (χ2n) is 8.87. The summed E-state index contributed by atoms with van der Waals surface area (Å²) in [5.74, 6) is 0. The predicted molar refractivity (Wildman–Crippen MR) is 152 cm³/mol. The van der Waals surface area contributed by atoms with E-state index in [9.17, 15) is 29.7 Å². The van der Waals surface area contributed by atoms with Gasteiger partial charge in [0.2, 0.25) is 0 Å². The van der Waals surface area contributed by atoms with Crippen molar-refractivity contribution in [2.24, 2.45) is 0 Å². The molecule has 0 aromatic heterocycles. The molecule has 0 spiro atoms. The summed E-state index contributed by atoms with van der Waals surface area (Å²) in [4.78, 5) is 33.6. The number of hydrogen-bond acceptors (Lipinski definition) is 6. The normalized spacial score (nSPS) is 14.0. The molecule has 0 saturated heterocycles. The molecule has 0 N–H and O–H groups in total. The molecule has 2 aromatic carbocycles. The van der Waals surface area contributed by atoms with Gasteiger partial charge in [0.1, 0.15) is 18.3 Å². The number of allylic oxidation sites excluding steroid dienone is 1. The van der Waals surface area contributed by atoms with Crippen LogP contribution >= 0.6 is 0 Å². The number of carbonyl (C=O) groups excluding carboxylic acids is 3. The molecule has 1 aliphatic rings. The van der Waals surface area contributed by atoms with Gasteiger partial charge in [-0.05, 0) is 41.5 Å². The van der Waals surface area contributed by atoms with E-state index < -0.39 is 18.3 Å². The average Bonchev–Trinajstić information content (AvgIpc) is 3.28. The number of rotatable bonds is 8. The summed E-state index contributed by atoms with van der Waals surface area (Å²) >= 11 is 1.57. The van der Waals surface area contributed by atoms with Crippen molar-refractivity contribution in [3.63, 3.8) is 0 Å². The van der Waals surface area contributed by atoms with Gasteiger partial charge in [-0.15, -0.1) is 0 Å². The quantitative estimate of drug-likeness (QED) is 0.435. The van der Waals surface area contributed by atoms with Crippen LogP contribution in [0.25, 0.3) is 6.08 Å². The maximum atomic E-state index is 9.98. The van der Waals surface area contributed by atoms with Crippen LogP contribution in [0.5, 0.6) is 0 Å². The molecule has 1 unspecified atom stereocenters. The fourth-order valence-corrected chi connectivity index (χ4v) is 5.15. The van der Waals surface area contributed by atoms with Gasteiger partial charge in [0.05, 0.1) is 0 Å². The van der Waals surface area contributed by atoms with Crippen molar-refractivity contribution in [3.8, 4) is 0 Å². The van der Waals surface area contributed by atoms with E-state index in [-0.39, 0.29) is 3.12 Å². The van der Waals surface area contributed by atoms with E-state index in [0.717, 1.165) is 6.42 Å². The fourth-order valence-electron chi connectivity index (χ4n) is 3.89. The zero-order valence-electron chi connectivity index (χ0n) is 25.1. The van der Waals surface area contributed by atoms with Gasteiger partial charge in [0.15, 0.2) is 0 Å². The van der Waals surface area contributed by atoms with Crippen molar-refractivity contribution in [2.45, 2.75) is 51.1 Å². The number of nitrogens with zero attached hydrogens (tertiary/aromatic N) is 3. The van der Waals surface area contributed by atoms with Crippen LogP contribution in [-0.4, -0.2) is 72.2 Å². The molecule has 0 radical (unpaired) electrons. The molecule has 1 atom stereocenters. The molecule has 3 amide bonds. The van der Waals surface area contributed by atoms with Crippen LogP contribution in [0.1, 0.15) is 58.2 Å². The molecule has 0 bridgehead atoms. The Labute approximate surface area is 260 Å². The first kappa shape index (κ1) is 37.9. The van der Waals surface area contributed by atoms with Crippen molar-refractivity contribution in [1.29, 1.82) is 0 Å². The zero-order valence-corrected chi connectivity index (χ0v) is 27.5. The third-order valence-corrected chi connectivity index (χ3v) is 7.89. The minimum absolute atomic E-state index is 0.241. The van der Waals surface area contributed by atoms with E-state index >= 15 is 0 Å². The predicted octanol–water partition coefficient (Wildman–Crippen LogP) is 2.71. The SMILES string of the molecule is CCN(CC)C(=O)[O-].CCN(CC)C(=O)[O-].CCN(CC)C(=O)[O-].[Zr+3][C]1(Cc2ccccc2)C=Cc2ccccc21. The molecule has 0 heterocycles. The van der Waals surface area contributed by atoms with Crippen molar-refractivity contribution in [2.75, 3.05) is 39.3 Å². The van der Waals surface area contributed by atoms with Crippen LogP contribution in [0.3, 0.4) is 0 Å². The van der Waals surface area contributed by atoms with Gasteiger partial charge < -0.3 is 44.4 Å². The van der Waals surface area contributed by atoms with Crippen LogP contribution in [0, 0.1) is 0 Å². The van der Waals surface area contributed by atoms with Crippen LogP contribution in [0.4, 0.5) is 14.4 Å². The van der Waals surface area contributed by atoms with Crippen LogP contribution < -0.4 is 15.3 Å². The molecular weight excluding hydrogens is 602 g/mol. The van der Waals surface area contributed by atoms with E-state index in [1.165, 1.54) is 31.4 Å². The summed E-state index contributed by atoms with van der Waals surface area (Å²) in [5, 5.41) is 29.9. The first-order chi connectivity index (χ1) is 19.4. The molecule has 0 fully saturated rings. The van der Waals surface area contributed by atoms with Crippen LogP contribution in [-0.2, 0) is 34.3 Å². The Morgan fingerprint density at radius 2 is 1.00 bits per heavy atom. The number of fused-ring (bicyclic) bond motifs is 1. The molecule has 0 aliphatic heterocycles. The van der Waals surface area contributed by atoms with Gasteiger partial charge in [0, 0.05) is 39.3 Å². The van der Waals surface area contributed by atoms with Crippen molar-refractivity contribution < 1.29 is 54.4 Å². The second-order valence-corrected chi connectivity index (χ2v) is 11.1. The van der Waals surface area contributed by atoms with Gasteiger partial charge >= 0.3 is 118 Å². The second kappa shape index (κ2) is 20.7. The summed E-state index contributed by atoms with van der Waals surface area (Å²) in [6.07, 6.45) is 2.50. The van der Waals surface area contributed by atoms with E-state index in [4.69, 9.17) is 0 Å². The molecule has 10 heteroatoms. The third kappa shape index (κ3) is 13.9. The summed E-state index contributed by atoms with van der Waals surface area (Å²) in [6.45, 7) is 13.7. The van der Waals surface area contributed by atoms with Gasteiger partial charge in [-0.25, -0.2) is 0 Å². The van der Waals surface area contributed by atoms with E-state index in [2.05, 4.69) is 66.7 Å². The Bertz CT molecular complexity index is 1020. The maximum absolute atomic E-state index is 9.98. The first-order valence-corrected chi connectivity index (χ1v) is 15.1. The van der Waals surface area contributed by atoms with Crippen molar-refractivity contribution in [1.82, 2.24) is 14.7 Å². The molecular formula is C31H43N3O6Zr. The van der Waals surface area contributed by atoms with E-state index in [1.807, 2.05) is 0 Å².